The summed E-state index contributed by atoms with van der Waals surface area (Å²) in [4.78, 5) is 4.00. The number of rotatable bonds is 1. The molecule has 0 saturated carbocycles. The molecule has 2 heterocycles. The maximum absolute atomic E-state index is 8.75. The first-order chi connectivity index (χ1) is 5.92. The molecule has 1 aromatic rings. The van der Waals surface area contributed by atoms with Crippen molar-refractivity contribution in [1.82, 2.24) is 10.3 Å². The zero-order valence-electron chi connectivity index (χ0n) is 6.62. The van der Waals surface area contributed by atoms with Gasteiger partial charge in [-0.15, -0.1) is 0 Å². The van der Waals surface area contributed by atoms with Gasteiger partial charge in [0, 0.05) is 17.8 Å². The summed E-state index contributed by atoms with van der Waals surface area (Å²) in [5.41, 5.74) is 1.58. The molecule has 0 amide bonds. The third-order valence-electron chi connectivity index (χ3n) is 2.14. The van der Waals surface area contributed by atoms with E-state index in [4.69, 9.17) is 5.26 Å². The number of nitriles is 1. The molecule has 0 radical (unpaired) electrons. The molecule has 1 aliphatic rings. The van der Waals surface area contributed by atoms with E-state index in [0.29, 0.717) is 11.7 Å². The van der Waals surface area contributed by atoms with Gasteiger partial charge in [0.15, 0.2) is 0 Å². The van der Waals surface area contributed by atoms with Crippen molar-refractivity contribution in [3.63, 3.8) is 0 Å². The van der Waals surface area contributed by atoms with Crippen LogP contribution in [0.4, 0.5) is 0 Å². The van der Waals surface area contributed by atoms with Crippen molar-refractivity contribution in [1.29, 1.82) is 5.26 Å². The van der Waals surface area contributed by atoms with E-state index in [-0.39, 0.29) is 0 Å². The molecule has 1 saturated heterocycles. The van der Waals surface area contributed by atoms with E-state index in [1.807, 2.05) is 12.1 Å². The van der Waals surface area contributed by atoms with Crippen molar-refractivity contribution in [2.75, 3.05) is 6.54 Å². The van der Waals surface area contributed by atoms with Crippen LogP contribution in [0.2, 0.25) is 0 Å². The fourth-order valence-electron chi connectivity index (χ4n) is 1.35. The van der Waals surface area contributed by atoms with E-state index in [1.165, 1.54) is 0 Å². The van der Waals surface area contributed by atoms with E-state index in [9.17, 15) is 0 Å². The fraction of sp³-hybridized carbons (Fsp3) is 0.333. The number of hydrogen-bond donors (Lipinski definition) is 1. The van der Waals surface area contributed by atoms with Gasteiger partial charge < -0.3 is 5.32 Å². The lowest BCUT2D eigenvalue weighted by Gasteiger charge is -2.28. The van der Waals surface area contributed by atoms with Crippen LogP contribution in [0.5, 0.6) is 0 Å². The first kappa shape index (κ1) is 7.26. The summed E-state index contributed by atoms with van der Waals surface area (Å²) in [6.07, 6.45) is 2.76. The third-order valence-corrected chi connectivity index (χ3v) is 2.14. The van der Waals surface area contributed by atoms with Gasteiger partial charge in [-0.2, -0.15) is 5.26 Å². The number of hydrogen-bond acceptors (Lipinski definition) is 3. The highest BCUT2D eigenvalue weighted by atomic mass is 15.0. The van der Waals surface area contributed by atoms with Crippen LogP contribution in [0.25, 0.3) is 0 Å². The van der Waals surface area contributed by atoms with E-state index < -0.39 is 0 Å². The Bertz CT molecular complexity index is 323. The monoisotopic (exact) mass is 159 g/mol. The second-order valence-electron chi connectivity index (χ2n) is 2.85. The maximum Gasteiger partial charge on any atom is 0.145 e. The van der Waals surface area contributed by atoms with E-state index >= 15 is 0 Å². The molecule has 0 bridgehead atoms. The molecule has 1 atom stereocenters. The summed E-state index contributed by atoms with van der Waals surface area (Å²) in [7, 11) is 0. The Morgan fingerprint density at radius 1 is 1.67 bits per heavy atom. The molecule has 2 rings (SSSR count). The summed E-state index contributed by atoms with van der Waals surface area (Å²) in [6, 6.07) is 6.28. The quantitative estimate of drug-likeness (QED) is 0.664. The first-order valence-corrected chi connectivity index (χ1v) is 4.00. The summed E-state index contributed by atoms with van der Waals surface area (Å²) in [6.45, 7) is 1.05. The van der Waals surface area contributed by atoms with Crippen molar-refractivity contribution in [2.24, 2.45) is 0 Å². The molecule has 1 fully saturated rings. The van der Waals surface area contributed by atoms with Gasteiger partial charge in [-0.1, -0.05) is 6.07 Å². The van der Waals surface area contributed by atoms with Gasteiger partial charge in [-0.3, -0.25) is 0 Å². The second-order valence-corrected chi connectivity index (χ2v) is 2.85. The highest BCUT2D eigenvalue weighted by molar-refractivity contribution is 5.34. The number of nitrogens with zero attached hydrogens (tertiary/aromatic N) is 2. The lowest BCUT2D eigenvalue weighted by Crippen LogP contribution is -2.35. The van der Waals surface area contributed by atoms with Crippen molar-refractivity contribution in [3.8, 4) is 6.07 Å². The number of aromatic nitrogens is 1. The Morgan fingerprint density at radius 2 is 2.50 bits per heavy atom. The average Bonchev–Trinajstić information content (AvgIpc) is 2.02. The molecular weight excluding hydrogens is 150 g/mol. The largest absolute Gasteiger partial charge is 0.310 e. The molecule has 60 valence electrons. The summed E-state index contributed by atoms with van der Waals surface area (Å²) in [5.74, 6) is 0. The smallest absolute Gasteiger partial charge is 0.145 e. The first-order valence-electron chi connectivity index (χ1n) is 4.00. The maximum atomic E-state index is 8.75. The van der Waals surface area contributed by atoms with Crippen LogP contribution in [-0.4, -0.2) is 11.5 Å². The second kappa shape index (κ2) is 2.92. The highest BCUT2D eigenvalue weighted by Gasteiger charge is 2.21. The molecule has 12 heavy (non-hydrogen) atoms. The third kappa shape index (κ3) is 1.06. The molecule has 3 heteroatoms. The van der Waals surface area contributed by atoms with Crippen molar-refractivity contribution in [2.45, 2.75) is 12.5 Å². The fourth-order valence-corrected chi connectivity index (χ4v) is 1.35. The predicted octanol–water partition coefficient (Wildman–Crippen LogP) is 0.988. The SMILES string of the molecule is N#Cc1ncccc1[C@H]1CCN1. The molecule has 1 aromatic heterocycles. The van der Waals surface area contributed by atoms with Gasteiger partial charge in [0.1, 0.15) is 11.8 Å². The zero-order chi connectivity index (χ0) is 8.39. The Hall–Kier alpha value is -1.40. The molecule has 0 spiro atoms. The van der Waals surface area contributed by atoms with E-state index in [2.05, 4.69) is 16.4 Å². The van der Waals surface area contributed by atoms with Crippen molar-refractivity contribution >= 4 is 0 Å². The highest BCUT2D eigenvalue weighted by Crippen LogP contribution is 2.23. The van der Waals surface area contributed by atoms with Crippen LogP contribution in [0, 0.1) is 11.3 Å². The number of nitrogens with one attached hydrogen (secondary N) is 1. The molecule has 0 unspecified atom stereocenters. The Kier molecular flexibility index (Phi) is 1.77. The summed E-state index contributed by atoms with van der Waals surface area (Å²) < 4.78 is 0. The predicted molar refractivity (Wildman–Crippen MR) is 44.3 cm³/mol. The minimum absolute atomic E-state index is 0.355. The lowest BCUT2D eigenvalue weighted by atomic mass is 9.97. The molecule has 3 nitrogen and oxygen atoms in total. The minimum atomic E-state index is 0.355. The minimum Gasteiger partial charge on any atom is -0.310 e. The van der Waals surface area contributed by atoms with E-state index in [1.54, 1.807) is 6.20 Å². The summed E-state index contributed by atoms with van der Waals surface area (Å²) >= 11 is 0. The van der Waals surface area contributed by atoms with Crippen LogP contribution in [0.1, 0.15) is 23.7 Å². The normalized spacial score (nSPS) is 21.1. The Labute approximate surface area is 71.0 Å². The van der Waals surface area contributed by atoms with Crippen molar-refractivity contribution < 1.29 is 0 Å². The molecular formula is C9H9N3. The van der Waals surface area contributed by atoms with Gasteiger partial charge in [0.25, 0.3) is 0 Å². The van der Waals surface area contributed by atoms with Crippen LogP contribution in [-0.2, 0) is 0 Å². The van der Waals surface area contributed by atoms with Gasteiger partial charge in [0.05, 0.1) is 0 Å². The standard InChI is InChI=1S/C9H9N3/c10-6-9-7(2-1-4-11-9)8-3-5-12-8/h1-2,4,8,12H,3,5H2/t8-/m1/s1. The van der Waals surface area contributed by atoms with Crippen LogP contribution >= 0.6 is 0 Å². The van der Waals surface area contributed by atoms with Crippen LogP contribution in [0.3, 0.4) is 0 Å². The Morgan fingerprint density at radius 3 is 3.08 bits per heavy atom. The number of pyridine rings is 1. The van der Waals surface area contributed by atoms with Crippen molar-refractivity contribution in [3.05, 3.63) is 29.6 Å². The van der Waals surface area contributed by atoms with Crippen LogP contribution in [0.15, 0.2) is 18.3 Å². The molecule has 0 aliphatic carbocycles. The van der Waals surface area contributed by atoms with Gasteiger partial charge >= 0.3 is 0 Å². The summed E-state index contributed by atoms with van der Waals surface area (Å²) in [5, 5.41) is 12.0. The molecule has 1 N–H and O–H groups in total. The van der Waals surface area contributed by atoms with E-state index in [0.717, 1.165) is 18.5 Å². The lowest BCUT2D eigenvalue weighted by molar-refractivity contribution is 0.382. The van der Waals surface area contributed by atoms with Gasteiger partial charge in [0.2, 0.25) is 0 Å². The van der Waals surface area contributed by atoms with Crippen LogP contribution < -0.4 is 5.32 Å². The molecule has 0 aromatic carbocycles. The topological polar surface area (TPSA) is 48.7 Å². The van der Waals surface area contributed by atoms with Gasteiger partial charge in [-0.25, -0.2) is 4.98 Å². The Balaban J connectivity index is 2.35. The average molecular weight is 159 g/mol. The molecule has 1 aliphatic heterocycles. The van der Waals surface area contributed by atoms with Gasteiger partial charge in [-0.05, 0) is 19.0 Å². The zero-order valence-corrected chi connectivity index (χ0v) is 6.62.